The molecule has 0 amide bonds. The number of hydrogen-bond donors (Lipinski definition) is 3. The molecule has 1 saturated heterocycles. The van der Waals surface area contributed by atoms with Crippen LogP contribution in [0.4, 0.5) is 28.8 Å². The second kappa shape index (κ2) is 10.2. The van der Waals surface area contributed by atoms with Gasteiger partial charge in [0.05, 0.1) is 18.2 Å². The third-order valence-corrected chi connectivity index (χ3v) is 7.69. The van der Waals surface area contributed by atoms with Gasteiger partial charge in [0, 0.05) is 42.6 Å². The average Bonchev–Trinajstić information content (AvgIpc) is 3.24. The number of hydrogen-bond acceptors (Lipinski definition) is 9. The lowest BCUT2D eigenvalue weighted by molar-refractivity contribution is 0.249. The van der Waals surface area contributed by atoms with Crippen LogP contribution in [0, 0.1) is 6.92 Å². The van der Waals surface area contributed by atoms with Crippen LogP contribution in [0.25, 0.3) is 10.2 Å². The van der Waals surface area contributed by atoms with Crippen molar-refractivity contribution in [1.82, 2.24) is 14.9 Å². The molecule has 3 heterocycles. The summed E-state index contributed by atoms with van der Waals surface area (Å²) in [6.45, 7) is 4.06. The van der Waals surface area contributed by atoms with E-state index in [1.807, 2.05) is 25.1 Å². The van der Waals surface area contributed by atoms with Crippen molar-refractivity contribution in [3.63, 3.8) is 0 Å². The molecule has 4 aromatic rings. The van der Waals surface area contributed by atoms with E-state index in [4.69, 9.17) is 14.7 Å². The number of benzene rings is 2. The zero-order chi connectivity index (χ0) is 25.2. The van der Waals surface area contributed by atoms with Crippen LogP contribution in [-0.2, 0) is 0 Å². The van der Waals surface area contributed by atoms with Gasteiger partial charge in [0.25, 0.3) is 0 Å². The van der Waals surface area contributed by atoms with Crippen LogP contribution in [0.5, 0.6) is 11.5 Å². The summed E-state index contributed by atoms with van der Waals surface area (Å²) in [4.78, 5) is 15.1. The van der Waals surface area contributed by atoms with Crippen LogP contribution in [0.3, 0.4) is 0 Å². The number of rotatable bonds is 7. The average molecular weight is 505 g/mol. The Kier molecular flexibility index (Phi) is 6.84. The Morgan fingerprint density at radius 1 is 1.06 bits per heavy atom. The van der Waals surface area contributed by atoms with Crippen molar-refractivity contribution in [2.75, 3.05) is 49.8 Å². The number of phenolic OH excluding ortho intramolecular Hbond substituents is 1. The van der Waals surface area contributed by atoms with Crippen molar-refractivity contribution in [1.29, 1.82) is 0 Å². The number of phenols is 1. The molecule has 188 valence electrons. The molecule has 0 atom stereocenters. The van der Waals surface area contributed by atoms with Gasteiger partial charge in [-0.2, -0.15) is 4.98 Å². The van der Waals surface area contributed by atoms with Crippen molar-refractivity contribution < 1.29 is 9.84 Å². The normalized spacial score (nSPS) is 14.4. The highest BCUT2D eigenvalue weighted by atomic mass is 32.1. The zero-order valence-corrected chi connectivity index (χ0v) is 21.9. The summed E-state index contributed by atoms with van der Waals surface area (Å²) in [6.07, 6.45) is 2.28. The highest BCUT2D eigenvalue weighted by Gasteiger charge is 2.23. The maximum absolute atomic E-state index is 9.87. The quantitative estimate of drug-likeness (QED) is 0.294. The van der Waals surface area contributed by atoms with Gasteiger partial charge in [-0.05, 0) is 69.1 Å². The van der Waals surface area contributed by atoms with Gasteiger partial charge >= 0.3 is 0 Å². The Balaban J connectivity index is 1.40. The van der Waals surface area contributed by atoms with Crippen molar-refractivity contribution >= 4 is 50.4 Å². The van der Waals surface area contributed by atoms with Gasteiger partial charge < -0.3 is 30.3 Å². The van der Waals surface area contributed by atoms with E-state index < -0.39 is 0 Å². The van der Waals surface area contributed by atoms with Crippen molar-refractivity contribution in [3.05, 3.63) is 53.4 Å². The number of piperidine rings is 1. The number of aromatic nitrogens is 2. The largest absolute Gasteiger partial charge is 0.508 e. The standard InChI is InChI=1S/C27H32N6O2S/c1-17-16-36-26-24(17)25(28-18-6-5-7-21(34)14-18)30-27(31-26)29-19-8-9-22(23(15-19)35-4)33-12-10-20(11-13-33)32(2)3/h5-9,14-16,20,34H,10-13H2,1-4H3,(H2,28,29,30,31). The number of ether oxygens (including phenoxy) is 1. The SMILES string of the molecule is COc1cc(Nc2nc(Nc3cccc(O)c3)c3c(C)csc3n2)ccc1N1CCC(N(C)C)CC1. The maximum Gasteiger partial charge on any atom is 0.230 e. The fourth-order valence-corrected chi connectivity index (χ4v) is 5.64. The van der Waals surface area contributed by atoms with E-state index >= 15 is 0 Å². The lowest BCUT2D eigenvalue weighted by atomic mass is 10.0. The molecule has 1 fully saturated rings. The summed E-state index contributed by atoms with van der Waals surface area (Å²) >= 11 is 1.58. The van der Waals surface area contributed by atoms with Gasteiger partial charge in [-0.25, -0.2) is 4.98 Å². The molecule has 0 unspecified atom stereocenters. The fourth-order valence-electron chi connectivity index (χ4n) is 4.72. The van der Waals surface area contributed by atoms with E-state index in [1.165, 1.54) is 0 Å². The second-order valence-corrected chi connectivity index (χ2v) is 10.2. The summed E-state index contributed by atoms with van der Waals surface area (Å²) in [5, 5.41) is 19.6. The molecule has 2 aromatic carbocycles. The predicted molar refractivity (Wildman–Crippen MR) is 149 cm³/mol. The summed E-state index contributed by atoms with van der Waals surface area (Å²) in [5.41, 5.74) is 3.83. The number of aryl methyl sites for hydroxylation is 1. The first kappa shape index (κ1) is 24.1. The van der Waals surface area contributed by atoms with Gasteiger partial charge in [0.2, 0.25) is 5.95 Å². The van der Waals surface area contributed by atoms with Crippen molar-refractivity contribution in [2.24, 2.45) is 0 Å². The van der Waals surface area contributed by atoms with Crippen molar-refractivity contribution in [3.8, 4) is 11.5 Å². The van der Waals surface area contributed by atoms with Gasteiger partial charge in [-0.3, -0.25) is 0 Å². The number of aromatic hydroxyl groups is 1. The second-order valence-electron chi connectivity index (χ2n) is 9.36. The number of nitrogens with zero attached hydrogens (tertiary/aromatic N) is 4. The first-order valence-electron chi connectivity index (χ1n) is 12.1. The molecule has 0 bridgehead atoms. The van der Waals surface area contributed by atoms with E-state index in [1.54, 1.807) is 36.6 Å². The van der Waals surface area contributed by atoms with Crippen LogP contribution >= 0.6 is 11.3 Å². The third-order valence-electron chi connectivity index (χ3n) is 6.70. The van der Waals surface area contributed by atoms with Gasteiger partial charge in [0.1, 0.15) is 22.1 Å². The number of fused-ring (bicyclic) bond motifs is 1. The molecule has 3 N–H and O–H groups in total. The molecule has 2 aromatic heterocycles. The van der Waals surface area contributed by atoms with Crippen LogP contribution in [0.2, 0.25) is 0 Å². The molecule has 36 heavy (non-hydrogen) atoms. The molecule has 1 aliphatic rings. The van der Waals surface area contributed by atoms with Gasteiger partial charge in [-0.1, -0.05) is 6.07 Å². The number of methoxy groups -OCH3 is 1. The Morgan fingerprint density at radius 2 is 1.83 bits per heavy atom. The van der Waals surface area contributed by atoms with Gasteiger partial charge in [-0.15, -0.1) is 11.3 Å². The van der Waals surface area contributed by atoms with E-state index in [2.05, 4.69) is 46.0 Å². The van der Waals surface area contributed by atoms with Crippen LogP contribution in [0.1, 0.15) is 18.4 Å². The molecule has 5 rings (SSSR count). The summed E-state index contributed by atoms with van der Waals surface area (Å²) < 4.78 is 5.77. The minimum absolute atomic E-state index is 0.198. The zero-order valence-electron chi connectivity index (χ0n) is 21.1. The smallest absolute Gasteiger partial charge is 0.230 e. The molecule has 0 saturated carbocycles. The highest BCUT2D eigenvalue weighted by Crippen LogP contribution is 2.36. The minimum atomic E-state index is 0.198. The Labute approximate surface area is 215 Å². The Bertz CT molecular complexity index is 1360. The highest BCUT2D eigenvalue weighted by molar-refractivity contribution is 7.17. The number of thiophene rings is 1. The third kappa shape index (κ3) is 5.03. The fraction of sp³-hybridized carbons (Fsp3) is 0.333. The maximum atomic E-state index is 9.87. The van der Waals surface area contributed by atoms with E-state index in [0.717, 1.165) is 64.5 Å². The molecule has 0 aliphatic carbocycles. The lowest BCUT2D eigenvalue weighted by Gasteiger charge is -2.37. The topological polar surface area (TPSA) is 85.8 Å². The van der Waals surface area contributed by atoms with E-state index in [0.29, 0.717) is 17.8 Å². The molecule has 0 spiro atoms. The first-order chi connectivity index (χ1) is 17.4. The summed E-state index contributed by atoms with van der Waals surface area (Å²) in [5.74, 6) is 2.21. The number of nitrogens with one attached hydrogen (secondary N) is 2. The molecule has 9 heteroatoms. The van der Waals surface area contributed by atoms with Crippen molar-refractivity contribution in [2.45, 2.75) is 25.8 Å². The van der Waals surface area contributed by atoms with Crippen LogP contribution < -0.4 is 20.3 Å². The van der Waals surface area contributed by atoms with E-state index in [9.17, 15) is 5.11 Å². The minimum Gasteiger partial charge on any atom is -0.508 e. The molecule has 1 aliphatic heterocycles. The van der Waals surface area contributed by atoms with Crippen LogP contribution in [0.15, 0.2) is 47.8 Å². The van der Waals surface area contributed by atoms with Crippen LogP contribution in [-0.4, -0.2) is 60.3 Å². The Hall–Kier alpha value is -3.56. The molecular formula is C27H32N6O2S. The monoisotopic (exact) mass is 504 g/mol. The molecule has 8 nitrogen and oxygen atoms in total. The van der Waals surface area contributed by atoms with Gasteiger partial charge in [0.15, 0.2) is 0 Å². The number of anilines is 5. The summed E-state index contributed by atoms with van der Waals surface area (Å²) in [7, 11) is 6.02. The predicted octanol–water partition coefficient (Wildman–Crippen LogP) is 5.73. The first-order valence-corrected chi connectivity index (χ1v) is 13.0. The summed E-state index contributed by atoms with van der Waals surface area (Å²) in [6, 6.07) is 13.8. The van der Waals surface area contributed by atoms with E-state index in [-0.39, 0.29) is 5.75 Å². The molecule has 0 radical (unpaired) electrons. The lowest BCUT2D eigenvalue weighted by Crippen LogP contribution is -2.42. The molecular weight excluding hydrogens is 472 g/mol. The Morgan fingerprint density at radius 3 is 2.56 bits per heavy atom.